The van der Waals surface area contributed by atoms with Crippen LogP contribution in [0.4, 0.5) is 0 Å². The molecule has 1 atom stereocenters. The highest BCUT2D eigenvalue weighted by atomic mass is 16.5. The first kappa shape index (κ1) is 13.6. The van der Waals surface area contributed by atoms with Gasteiger partial charge in [-0.1, -0.05) is 17.3 Å². The van der Waals surface area contributed by atoms with E-state index in [9.17, 15) is 9.59 Å². The zero-order valence-electron chi connectivity index (χ0n) is 11.5. The van der Waals surface area contributed by atoms with Gasteiger partial charge in [0.1, 0.15) is 5.69 Å². The molecule has 1 amide bonds. The minimum Gasteiger partial charge on any atom is -0.481 e. The van der Waals surface area contributed by atoms with Crippen molar-refractivity contribution in [2.45, 2.75) is 19.3 Å². The van der Waals surface area contributed by atoms with Crippen LogP contribution in [0.2, 0.25) is 0 Å². The van der Waals surface area contributed by atoms with Gasteiger partial charge in [-0.3, -0.25) is 9.59 Å². The summed E-state index contributed by atoms with van der Waals surface area (Å²) in [4.78, 5) is 25.0. The molecule has 1 N–H and O–H groups in total. The number of nitrogens with zero attached hydrogens (tertiary/aromatic N) is 2. The third-order valence-corrected chi connectivity index (χ3v) is 3.89. The van der Waals surface area contributed by atoms with E-state index in [1.807, 2.05) is 18.2 Å². The Bertz CT molecular complexity index is 679. The van der Waals surface area contributed by atoms with E-state index in [4.69, 9.17) is 9.63 Å². The number of carbonyl (C=O) groups excluding carboxylic acids is 1. The summed E-state index contributed by atoms with van der Waals surface area (Å²) >= 11 is 0. The molecule has 1 aromatic carbocycles. The smallest absolute Gasteiger partial charge is 0.308 e. The van der Waals surface area contributed by atoms with E-state index in [-0.39, 0.29) is 18.9 Å². The van der Waals surface area contributed by atoms with E-state index < -0.39 is 11.9 Å². The first-order chi connectivity index (χ1) is 10.1. The number of rotatable bonds is 3. The lowest BCUT2D eigenvalue weighted by Crippen LogP contribution is -2.43. The third-order valence-electron chi connectivity index (χ3n) is 3.89. The van der Waals surface area contributed by atoms with E-state index in [1.165, 1.54) is 0 Å². The van der Waals surface area contributed by atoms with Crippen LogP contribution in [0.15, 0.2) is 28.8 Å². The predicted octanol–water partition coefficient (Wildman–Crippen LogP) is 1.69. The first-order valence-corrected chi connectivity index (χ1v) is 6.99. The van der Waals surface area contributed by atoms with Crippen LogP contribution in [0.25, 0.3) is 11.0 Å². The Hall–Kier alpha value is -2.37. The van der Waals surface area contributed by atoms with Gasteiger partial charge in [-0.15, -0.1) is 0 Å². The SMILES string of the molecule is O=C(O)C1CCCN(C(=O)Cc2noc3ccccc23)C1. The van der Waals surface area contributed by atoms with Crippen LogP contribution in [0.5, 0.6) is 0 Å². The zero-order chi connectivity index (χ0) is 14.8. The van der Waals surface area contributed by atoms with E-state index in [2.05, 4.69) is 5.16 Å². The molecule has 3 rings (SSSR count). The van der Waals surface area contributed by atoms with E-state index in [0.29, 0.717) is 24.2 Å². The number of carboxylic acid groups (broad SMARTS) is 1. The average Bonchev–Trinajstić information content (AvgIpc) is 2.91. The topological polar surface area (TPSA) is 83.6 Å². The molecule has 1 saturated heterocycles. The van der Waals surface area contributed by atoms with Crippen LogP contribution < -0.4 is 0 Å². The van der Waals surface area contributed by atoms with Crippen molar-refractivity contribution in [2.75, 3.05) is 13.1 Å². The quantitative estimate of drug-likeness (QED) is 0.929. The number of likely N-dealkylation sites (tertiary alicyclic amines) is 1. The van der Waals surface area contributed by atoms with Gasteiger partial charge in [-0.25, -0.2) is 0 Å². The molecule has 1 aliphatic rings. The molecule has 2 heterocycles. The fraction of sp³-hybridized carbons (Fsp3) is 0.400. The number of benzene rings is 1. The second-order valence-electron chi connectivity index (χ2n) is 5.32. The summed E-state index contributed by atoms with van der Waals surface area (Å²) in [6.07, 6.45) is 1.50. The zero-order valence-corrected chi connectivity index (χ0v) is 11.5. The number of aromatic nitrogens is 1. The van der Waals surface area contributed by atoms with Gasteiger partial charge in [-0.2, -0.15) is 0 Å². The number of aliphatic carboxylic acids is 1. The molecule has 21 heavy (non-hydrogen) atoms. The lowest BCUT2D eigenvalue weighted by atomic mass is 9.98. The maximum atomic E-state index is 12.3. The Morgan fingerprint density at radius 2 is 2.19 bits per heavy atom. The molecule has 0 bridgehead atoms. The lowest BCUT2D eigenvalue weighted by Gasteiger charge is -2.30. The summed E-state index contributed by atoms with van der Waals surface area (Å²) in [5.74, 6) is -1.39. The Morgan fingerprint density at radius 1 is 1.38 bits per heavy atom. The largest absolute Gasteiger partial charge is 0.481 e. The second-order valence-corrected chi connectivity index (χ2v) is 5.32. The van der Waals surface area contributed by atoms with Crippen LogP contribution in [0, 0.1) is 5.92 Å². The molecular formula is C15H16N2O4. The van der Waals surface area contributed by atoms with Gasteiger partial charge in [0.25, 0.3) is 0 Å². The van der Waals surface area contributed by atoms with Crippen LogP contribution in [0.1, 0.15) is 18.5 Å². The van der Waals surface area contributed by atoms with Gasteiger partial charge in [0.15, 0.2) is 5.58 Å². The van der Waals surface area contributed by atoms with Crippen LogP contribution >= 0.6 is 0 Å². The fourth-order valence-electron chi connectivity index (χ4n) is 2.73. The first-order valence-electron chi connectivity index (χ1n) is 6.99. The number of carboxylic acids is 1. The van der Waals surface area contributed by atoms with Gasteiger partial charge >= 0.3 is 5.97 Å². The van der Waals surface area contributed by atoms with E-state index >= 15 is 0 Å². The molecule has 1 aliphatic heterocycles. The van der Waals surface area contributed by atoms with Crippen LogP contribution in [0.3, 0.4) is 0 Å². The number of piperidine rings is 1. The summed E-state index contributed by atoms with van der Waals surface area (Å²) in [5, 5.41) is 13.8. The summed E-state index contributed by atoms with van der Waals surface area (Å²) in [6, 6.07) is 7.39. The van der Waals surface area contributed by atoms with Gasteiger partial charge in [0.2, 0.25) is 5.91 Å². The van der Waals surface area contributed by atoms with Gasteiger partial charge < -0.3 is 14.5 Å². The summed E-state index contributed by atoms with van der Waals surface area (Å²) in [5.41, 5.74) is 1.26. The van der Waals surface area contributed by atoms with Gasteiger partial charge in [0.05, 0.1) is 12.3 Å². The summed E-state index contributed by atoms with van der Waals surface area (Å²) in [7, 11) is 0. The monoisotopic (exact) mass is 288 g/mol. The van der Waals surface area contributed by atoms with Crippen LogP contribution in [-0.2, 0) is 16.0 Å². The van der Waals surface area contributed by atoms with Crippen molar-refractivity contribution in [3.05, 3.63) is 30.0 Å². The number of fused-ring (bicyclic) bond motifs is 1. The van der Waals surface area contributed by atoms with E-state index in [1.54, 1.807) is 11.0 Å². The highest BCUT2D eigenvalue weighted by Gasteiger charge is 2.28. The van der Waals surface area contributed by atoms with Gasteiger partial charge in [-0.05, 0) is 25.0 Å². The van der Waals surface area contributed by atoms with Gasteiger partial charge in [0, 0.05) is 18.5 Å². The second kappa shape index (κ2) is 5.55. The van der Waals surface area contributed by atoms with Crippen molar-refractivity contribution in [3.63, 3.8) is 0 Å². The van der Waals surface area contributed by atoms with Crippen molar-refractivity contribution >= 4 is 22.8 Å². The predicted molar refractivity (Wildman–Crippen MR) is 74.7 cm³/mol. The molecule has 0 saturated carbocycles. The Balaban J connectivity index is 1.72. The van der Waals surface area contributed by atoms with Crippen molar-refractivity contribution in [1.82, 2.24) is 10.1 Å². The number of para-hydroxylation sites is 1. The number of hydrogen-bond donors (Lipinski definition) is 1. The van der Waals surface area contributed by atoms with E-state index in [0.717, 1.165) is 11.8 Å². The molecule has 0 spiro atoms. The average molecular weight is 288 g/mol. The highest BCUT2D eigenvalue weighted by Crippen LogP contribution is 2.21. The standard InChI is InChI=1S/C15H16N2O4/c18-14(17-7-3-4-10(9-17)15(19)20)8-12-11-5-1-2-6-13(11)21-16-12/h1-2,5-6,10H,3-4,7-9H2,(H,19,20). The Kier molecular flexibility index (Phi) is 3.60. The lowest BCUT2D eigenvalue weighted by molar-refractivity contribution is -0.145. The molecule has 2 aromatic rings. The third kappa shape index (κ3) is 2.74. The number of carbonyl (C=O) groups is 2. The minimum atomic E-state index is -0.834. The molecule has 1 fully saturated rings. The molecule has 0 radical (unpaired) electrons. The Morgan fingerprint density at radius 3 is 3.00 bits per heavy atom. The Labute approximate surface area is 121 Å². The normalized spacial score (nSPS) is 18.9. The number of amides is 1. The molecule has 110 valence electrons. The maximum absolute atomic E-state index is 12.3. The minimum absolute atomic E-state index is 0.0972. The maximum Gasteiger partial charge on any atom is 0.308 e. The fourth-order valence-corrected chi connectivity index (χ4v) is 2.73. The number of hydrogen-bond acceptors (Lipinski definition) is 4. The molecule has 1 aromatic heterocycles. The van der Waals surface area contributed by atoms with Crippen molar-refractivity contribution < 1.29 is 19.2 Å². The van der Waals surface area contributed by atoms with Crippen LogP contribution in [-0.4, -0.2) is 40.1 Å². The molecule has 6 nitrogen and oxygen atoms in total. The summed E-state index contributed by atoms with van der Waals surface area (Å²) in [6.45, 7) is 0.891. The summed E-state index contributed by atoms with van der Waals surface area (Å²) < 4.78 is 5.18. The molecule has 1 unspecified atom stereocenters. The van der Waals surface area contributed by atoms with Crippen molar-refractivity contribution in [1.29, 1.82) is 0 Å². The highest BCUT2D eigenvalue weighted by molar-refractivity contribution is 5.86. The van der Waals surface area contributed by atoms with Crippen molar-refractivity contribution in [2.24, 2.45) is 5.92 Å². The molecular weight excluding hydrogens is 272 g/mol. The van der Waals surface area contributed by atoms with Crippen molar-refractivity contribution in [3.8, 4) is 0 Å². The molecule has 6 heteroatoms. The molecule has 0 aliphatic carbocycles.